The fourth-order valence-electron chi connectivity index (χ4n) is 3.40. The van der Waals surface area contributed by atoms with Crippen LogP contribution in [0.4, 0.5) is 0 Å². The number of nitrogens with zero attached hydrogens (tertiary/aromatic N) is 1. The molecule has 3 rings (SSSR count). The Morgan fingerprint density at radius 2 is 2.04 bits per heavy atom. The molecular weight excluding hydrogens is 326 g/mol. The van der Waals surface area contributed by atoms with Crippen LogP contribution in [-0.2, 0) is 9.53 Å². The average molecular weight is 352 g/mol. The predicted molar refractivity (Wildman–Crippen MR) is 97.8 cm³/mol. The number of carbonyl (C=O) groups is 1. The van der Waals surface area contributed by atoms with Crippen molar-refractivity contribution in [1.82, 2.24) is 4.90 Å². The summed E-state index contributed by atoms with van der Waals surface area (Å²) in [5.41, 5.74) is 1.94. The van der Waals surface area contributed by atoms with E-state index in [-0.39, 0.29) is 18.3 Å². The predicted octanol–water partition coefficient (Wildman–Crippen LogP) is 3.20. The SMILES string of the molecule is COc1ccccc1C=C1CCC(CCN2CCOCC2)C1=O.Cl. The Morgan fingerprint density at radius 1 is 1.29 bits per heavy atom. The zero-order valence-corrected chi connectivity index (χ0v) is 15.0. The van der Waals surface area contributed by atoms with Gasteiger partial charge in [-0.1, -0.05) is 18.2 Å². The number of ether oxygens (including phenoxy) is 2. The van der Waals surface area contributed by atoms with Gasteiger partial charge in [-0.2, -0.15) is 0 Å². The first-order valence-electron chi connectivity index (χ1n) is 8.46. The van der Waals surface area contributed by atoms with Crippen molar-refractivity contribution in [1.29, 1.82) is 0 Å². The van der Waals surface area contributed by atoms with E-state index in [0.717, 1.165) is 69.0 Å². The number of rotatable bonds is 5. The van der Waals surface area contributed by atoms with E-state index in [4.69, 9.17) is 9.47 Å². The highest BCUT2D eigenvalue weighted by molar-refractivity contribution is 6.03. The largest absolute Gasteiger partial charge is 0.496 e. The monoisotopic (exact) mass is 351 g/mol. The second-order valence-electron chi connectivity index (χ2n) is 6.25. The third-order valence-electron chi connectivity index (χ3n) is 4.82. The summed E-state index contributed by atoms with van der Waals surface area (Å²) >= 11 is 0. The molecule has 0 N–H and O–H groups in total. The number of methoxy groups -OCH3 is 1. The fourth-order valence-corrected chi connectivity index (χ4v) is 3.40. The Morgan fingerprint density at radius 3 is 2.79 bits per heavy atom. The van der Waals surface area contributed by atoms with Crippen LogP contribution in [0.2, 0.25) is 0 Å². The molecule has 0 spiro atoms. The van der Waals surface area contributed by atoms with Crippen molar-refractivity contribution in [2.45, 2.75) is 19.3 Å². The maximum atomic E-state index is 12.6. The summed E-state index contributed by atoms with van der Waals surface area (Å²) in [6, 6.07) is 7.86. The highest BCUT2D eigenvalue weighted by Gasteiger charge is 2.29. The van der Waals surface area contributed by atoms with Crippen LogP contribution in [0.25, 0.3) is 6.08 Å². The Labute approximate surface area is 150 Å². The molecule has 0 amide bonds. The van der Waals surface area contributed by atoms with E-state index >= 15 is 0 Å². The zero-order chi connectivity index (χ0) is 16.1. The smallest absolute Gasteiger partial charge is 0.162 e. The van der Waals surface area contributed by atoms with Crippen molar-refractivity contribution < 1.29 is 14.3 Å². The molecule has 5 heteroatoms. The first-order valence-corrected chi connectivity index (χ1v) is 8.46. The summed E-state index contributed by atoms with van der Waals surface area (Å²) in [5, 5.41) is 0. The minimum Gasteiger partial charge on any atom is -0.496 e. The van der Waals surface area contributed by atoms with Crippen molar-refractivity contribution in [2.75, 3.05) is 40.0 Å². The minimum atomic E-state index is 0. The van der Waals surface area contributed by atoms with E-state index < -0.39 is 0 Å². The lowest BCUT2D eigenvalue weighted by molar-refractivity contribution is -0.118. The summed E-state index contributed by atoms with van der Waals surface area (Å²) < 4.78 is 10.7. The average Bonchev–Trinajstić information content (AvgIpc) is 2.94. The molecule has 1 aliphatic carbocycles. The highest BCUT2D eigenvalue weighted by atomic mass is 35.5. The Balaban J connectivity index is 0.00000208. The van der Waals surface area contributed by atoms with Gasteiger partial charge in [-0.3, -0.25) is 9.69 Å². The lowest BCUT2D eigenvalue weighted by Gasteiger charge is -2.27. The number of Topliss-reactive ketones (excluding diaryl/α,β-unsaturated/α-hetero) is 1. The zero-order valence-electron chi connectivity index (χ0n) is 14.2. The fraction of sp³-hybridized carbons (Fsp3) is 0.526. The van der Waals surface area contributed by atoms with E-state index in [2.05, 4.69) is 4.90 Å². The van der Waals surface area contributed by atoms with Gasteiger partial charge in [0.05, 0.1) is 20.3 Å². The van der Waals surface area contributed by atoms with Gasteiger partial charge in [-0.15, -0.1) is 12.4 Å². The van der Waals surface area contributed by atoms with Gasteiger partial charge >= 0.3 is 0 Å². The van der Waals surface area contributed by atoms with E-state index in [1.807, 2.05) is 30.3 Å². The third kappa shape index (κ3) is 4.59. The van der Waals surface area contributed by atoms with Crippen LogP contribution in [0.15, 0.2) is 29.8 Å². The number of ketones is 1. The molecule has 1 saturated carbocycles. The van der Waals surface area contributed by atoms with E-state index in [9.17, 15) is 4.79 Å². The van der Waals surface area contributed by atoms with Crippen molar-refractivity contribution >= 4 is 24.3 Å². The molecule has 1 unspecified atom stereocenters. The van der Waals surface area contributed by atoms with Crippen LogP contribution >= 0.6 is 12.4 Å². The molecule has 132 valence electrons. The van der Waals surface area contributed by atoms with E-state index in [1.165, 1.54) is 0 Å². The summed E-state index contributed by atoms with van der Waals surface area (Å²) in [7, 11) is 1.67. The Bertz CT molecular complexity index is 582. The molecule has 1 heterocycles. The van der Waals surface area contributed by atoms with E-state index in [1.54, 1.807) is 7.11 Å². The summed E-state index contributed by atoms with van der Waals surface area (Å²) in [4.78, 5) is 15.0. The van der Waals surface area contributed by atoms with Gasteiger partial charge in [0.15, 0.2) is 5.78 Å². The van der Waals surface area contributed by atoms with Crippen LogP contribution < -0.4 is 4.74 Å². The molecule has 1 atom stereocenters. The molecule has 0 radical (unpaired) electrons. The molecule has 0 bridgehead atoms. The van der Waals surface area contributed by atoms with Gasteiger partial charge in [-0.25, -0.2) is 0 Å². The highest BCUT2D eigenvalue weighted by Crippen LogP contribution is 2.32. The Hall–Kier alpha value is -1.36. The first-order chi connectivity index (χ1) is 11.3. The second-order valence-corrected chi connectivity index (χ2v) is 6.25. The van der Waals surface area contributed by atoms with Gasteiger partial charge in [0.1, 0.15) is 5.75 Å². The molecule has 0 aromatic heterocycles. The molecule has 2 aliphatic rings. The molecule has 1 saturated heterocycles. The molecule has 24 heavy (non-hydrogen) atoms. The normalized spacial score (nSPS) is 23.3. The van der Waals surface area contributed by atoms with Gasteiger partial charge in [0.25, 0.3) is 0 Å². The minimum absolute atomic E-state index is 0. The molecule has 4 nitrogen and oxygen atoms in total. The number of para-hydroxylation sites is 1. The number of carbonyl (C=O) groups excluding carboxylic acids is 1. The maximum Gasteiger partial charge on any atom is 0.162 e. The number of hydrogen-bond acceptors (Lipinski definition) is 4. The topological polar surface area (TPSA) is 38.8 Å². The van der Waals surface area contributed by atoms with Crippen LogP contribution in [0.1, 0.15) is 24.8 Å². The van der Waals surface area contributed by atoms with Gasteiger partial charge in [0.2, 0.25) is 0 Å². The lowest BCUT2D eigenvalue weighted by atomic mass is 10.0. The van der Waals surface area contributed by atoms with Crippen molar-refractivity contribution in [3.63, 3.8) is 0 Å². The number of benzene rings is 1. The number of allylic oxidation sites excluding steroid dienone is 1. The lowest BCUT2D eigenvalue weighted by Crippen LogP contribution is -2.37. The van der Waals surface area contributed by atoms with Gasteiger partial charge in [-0.05, 0) is 43.5 Å². The first kappa shape index (κ1) is 19.0. The van der Waals surface area contributed by atoms with Crippen LogP contribution in [0.5, 0.6) is 5.75 Å². The van der Waals surface area contributed by atoms with Gasteiger partial charge in [0, 0.05) is 24.6 Å². The molecule has 1 aliphatic heterocycles. The van der Waals surface area contributed by atoms with Crippen molar-refractivity contribution in [3.05, 3.63) is 35.4 Å². The van der Waals surface area contributed by atoms with Crippen LogP contribution in [-0.4, -0.2) is 50.6 Å². The number of halogens is 1. The summed E-state index contributed by atoms with van der Waals surface area (Å²) in [5.74, 6) is 1.33. The van der Waals surface area contributed by atoms with Crippen molar-refractivity contribution in [3.8, 4) is 5.75 Å². The summed E-state index contributed by atoms with van der Waals surface area (Å²) in [6.07, 6.45) is 4.83. The third-order valence-corrected chi connectivity index (χ3v) is 4.82. The van der Waals surface area contributed by atoms with E-state index in [0.29, 0.717) is 5.78 Å². The Kier molecular flexibility index (Phi) is 7.28. The van der Waals surface area contributed by atoms with Crippen LogP contribution in [0.3, 0.4) is 0 Å². The summed E-state index contributed by atoms with van der Waals surface area (Å²) in [6.45, 7) is 4.62. The molecule has 1 aromatic rings. The standard InChI is InChI=1S/C19H25NO3.ClH/c1-22-18-5-3-2-4-16(18)14-17-7-6-15(19(17)21)8-9-20-10-12-23-13-11-20;/h2-5,14-15H,6-13H2,1H3;1H. The number of morpholine rings is 1. The van der Waals surface area contributed by atoms with Crippen LogP contribution in [0, 0.1) is 5.92 Å². The maximum absolute atomic E-state index is 12.6. The second kappa shape index (κ2) is 9.21. The van der Waals surface area contributed by atoms with Crippen molar-refractivity contribution in [2.24, 2.45) is 5.92 Å². The number of hydrogen-bond donors (Lipinski definition) is 0. The molecule has 1 aromatic carbocycles. The van der Waals surface area contributed by atoms with Gasteiger partial charge < -0.3 is 9.47 Å². The quantitative estimate of drug-likeness (QED) is 0.764. The molecular formula is C19H26ClNO3. The molecule has 2 fully saturated rings.